The van der Waals surface area contributed by atoms with Gasteiger partial charge in [-0.25, -0.2) is 19.6 Å². The van der Waals surface area contributed by atoms with E-state index in [1.807, 2.05) is 0 Å². The van der Waals surface area contributed by atoms with Gasteiger partial charge in [0.2, 0.25) is 5.88 Å². The lowest BCUT2D eigenvalue weighted by Crippen LogP contribution is -2.21. The number of ether oxygens (including phenoxy) is 1. The van der Waals surface area contributed by atoms with Crippen LogP contribution >= 0.6 is 0 Å². The third-order valence-corrected chi connectivity index (χ3v) is 6.16. The van der Waals surface area contributed by atoms with Gasteiger partial charge in [-0.3, -0.25) is 0 Å². The molecule has 1 aliphatic heterocycles. The Kier molecular flexibility index (Phi) is 6.91. The summed E-state index contributed by atoms with van der Waals surface area (Å²) >= 11 is 0. The molecule has 39 heavy (non-hydrogen) atoms. The average Bonchev–Trinajstić information content (AvgIpc) is 3.51. The van der Waals surface area contributed by atoms with Crippen molar-refractivity contribution in [3.05, 3.63) is 83.1 Å². The molecule has 0 amide bonds. The number of fused-ring (bicyclic) bond motifs is 1. The van der Waals surface area contributed by atoms with Crippen molar-refractivity contribution in [3.63, 3.8) is 0 Å². The number of benzene rings is 1. The van der Waals surface area contributed by atoms with Gasteiger partial charge >= 0.3 is 12.4 Å². The summed E-state index contributed by atoms with van der Waals surface area (Å²) in [6.07, 6.45) is -1.86. The molecule has 0 radical (unpaired) electrons. The Hall–Kier alpha value is -4.16. The van der Waals surface area contributed by atoms with E-state index in [9.17, 15) is 26.3 Å². The van der Waals surface area contributed by atoms with Crippen LogP contribution in [0.25, 0.3) is 17.8 Å². The molecular formula is C26H22F6N6O. The lowest BCUT2D eigenvalue weighted by Gasteiger charge is -2.25. The van der Waals surface area contributed by atoms with Crippen molar-refractivity contribution in [2.24, 2.45) is 0 Å². The number of hydrogen-bond acceptors (Lipinski definition) is 5. The largest absolute Gasteiger partial charge is 0.467 e. The molecule has 1 aromatic carbocycles. The summed E-state index contributed by atoms with van der Waals surface area (Å²) in [6.45, 7) is 0.721. The third kappa shape index (κ3) is 5.96. The van der Waals surface area contributed by atoms with Gasteiger partial charge in [-0.05, 0) is 55.7 Å². The summed E-state index contributed by atoms with van der Waals surface area (Å²) in [5.41, 5.74) is 0.657. The van der Waals surface area contributed by atoms with Gasteiger partial charge in [0.15, 0.2) is 12.4 Å². The standard InChI is InChI=1S/C26H22F6N6O/c1-16-13-37(15-33-16)21-10-8-17(34-24(21)39-14-25(27,28)29)9-11-22-35-23-19(6-4-12-38(23)36-22)18-5-2-3-7-20(18)26(30,31)32/h2-3,5,7-11,13,15,19H,4,6,12,14H2,1H3/t19-/m1/s1. The maximum absolute atomic E-state index is 13.6. The van der Waals surface area contributed by atoms with E-state index < -0.39 is 30.4 Å². The van der Waals surface area contributed by atoms with Gasteiger partial charge in [0.05, 0.1) is 23.3 Å². The molecule has 0 bridgehead atoms. The fourth-order valence-corrected chi connectivity index (χ4v) is 4.50. The van der Waals surface area contributed by atoms with E-state index in [4.69, 9.17) is 4.74 Å². The first kappa shape index (κ1) is 26.4. The predicted octanol–water partition coefficient (Wildman–Crippen LogP) is 6.22. The molecular weight excluding hydrogens is 526 g/mol. The summed E-state index contributed by atoms with van der Waals surface area (Å²) in [5, 5.41) is 4.41. The summed E-state index contributed by atoms with van der Waals surface area (Å²) in [7, 11) is 0. The topological polar surface area (TPSA) is 70.7 Å². The summed E-state index contributed by atoms with van der Waals surface area (Å²) in [6, 6.07) is 8.58. The lowest BCUT2D eigenvalue weighted by molar-refractivity contribution is -0.154. The highest BCUT2D eigenvalue weighted by molar-refractivity contribution is 5.65. The Labute approximate surface area is 218 Å². The molecule has 4 heterocycles. The fourth-order valence-electron chi connectivity index (χ4n) is 4.50. The minimum Gasteiger partial charge on any atom is -0.467 e. The van der Waals surface area contributed by atoms with Crippen molar-refractivity contribution in [1.29, 1.82) is 0 Å². The Morgan fingerprint density at radius 1 is 1.03 bits per heavy atom. The van der Waals surface area contributed by atoms with E-state index in [0.717, 1.165) is 6.07 Å². The Morgan fingerprint density at radius 2 is 1.82 bits per heavy atom. The second-order valence-electron chi connectivity index (χ2n) is 9.05. The zero-order valence-corrected chi connectivity index (χ0v) is 20.5. The zero-order chi connectivity index (χ0) is 27.8. The third-order valence-electron chi connectivity index (χ3n) is 6.16. The van der Waals surface area contributed by atoms with E-state index >= 15 is 0 Å². The van der Waals surface area contributed by atoms with E-state index in [1.165, 1.54) is 35.2 Å². The van der Waals surface area contributed by atoms with Crippen LogP contribution < -0.4 is 4.74 Å². The number of imidazole rings is 1. The zero-order valence-electron chi connectivity index (χ0n) is 20.5. The van der Waals surface area contributed by atoms with Crippen molar-refractivity contribution in [1.82, 2.24) is 29.3 Å². The first-order chi connectivity index (χ1) is 18.5. The van der Waals surface area contributed by atoms with E-state index in [-0.39, 0.29) is 28.6 Å². The highest BCUT2D eigenvalue weighted by atomic mass is 19.4. The predicted molar refractivity (Wildman–Crippen MR) is 129 cm³/mol. The number of pyridine rings is 1. The molecule has 7 nitrogen and oxygen atoms in total. The molecule has 4 aromatic rings. The van der Waals surface area contributed by atoms with E-state index in [0.29, 0.717) is 30.9 Å². The summed E-state index contributed by atoms with van der Waals surface area (Å²) < 4.78 is 87.5. The maximum Gasteiger partial charge on any atom is 0.422 e. The number of hydrogen-bond donors (Lipinski definition) is 0. The summed E-state index contributed by atoms with van der Waals surface area (Å²) in [5.74, 6) is -0.154. The van der Waals surface area contributed by atoms with E-state index in [1.54, 1.807) is 36.0 Å². The number of aromatic nitrogens is 6. The fraction of sp³-hybridized carbons (Fsp3) is 0.308. The molecule has 0 fully saturated rings. The molecule has 0 saturated heterocycles. The number of alkyl halides is 6. The van der Waals surface area contributed by atoms with Gasteiger partial charge in [0.1, 0.15) is 11.5 Å². The number of halogens is 6. The number of rotatable bonds is 6. The monoisotopic (exact) mass is 548 g/mol. The quantitative estimate of drug-likeness (QED) is 0.268. The van der Waals surface area contributed by atoms with Crippen LogP contribution in [0.15, 0.2) is 48.9 Å². The van der Waals surface area contributed by atoms with Gasteiger partial charge in [-0.1, -0.05) is 18.2 Å². The maximum atomic E-state index is 13.6. The van der Waals surface area contributed by atoms with Crippen LogP contribution in [0.1, 0.15) is 52.9 Å². The molecule has 5 rings (SSSR count). The first-order valence-corrected chi connectivity index (χ1v) is 12.0. The Bertz CT molecular complexity index is 1500. The van der Waals surface area contributed by atoms with Crippen molar-refractivity contribution < 1.29 is 31.1 Å². The molecule has 13 heteroatoms. The number of nitrogens with zero attached hydrogens (tertiary/aromatic N) is 6. The van der Waals surface area contributed by atoms with Crippen molar-refractivity contribution in [3.8, 4) is 11.6 Å². The lowest BCUT2D eigenvalue weighted by atomic mass is 9.88. The second-order valence-corrected chi connectivity index (χ2v) is 9.05. The van der Waals surface area contributed by atoms with Gasteiger partial charge in [0, 0.05) is 18.7 Å². The average molecular weight is 548 g/mol. The van der Waals surface area contributed by atoms with Crippen molar-refractivity contribution in [2.75, 3.05) is 6.61 Å². The molecule has 1 atom stereocenters. The number of aryl methyl sites for hydroxylation is 2. The highest BCUT2D eigenvalue weighted by Crippen LogP contribution is 2.40. The van der Waals surface area contributed by atoms with Crippen LogP contribution in [-0.2, 0) is 12.7 Å². The van der Waals surface area contributed by atoms with E-state index in [2.05, 4.69) is 20.1 Å². The molecule has 0 aliphatic carbocycles. The van der Waals surface area contributed by atoms with Crippen molar-refractivity contribution in [2.45, 2.75) is 44.6 Å². The molecule has 204 valence electrons. The van der Waals surface area contributed by atoms with Gasteiger partial charge in [-0.2, -0.15) is 31.4 Å². The SMILES string of the molecule is Cc1cn(-c2ccc(C=Cc3nc4n(n3)CCC[C@@H]4c3ccccc3C(F)(F)F)nc2OCC(F)(F)F)cn1. The van der Waals surface area contributed by atoms with Crippen molar-refractivity contribution >= 4 is 12.2 Å². The van der Waals surface area contributed by atoms with Gasteiger partial charge in [0.25, 0.3) is 0 Å². The normalized spacial score (nSPS) is 16.0. The molecule has 0 unspecified atom stereocenters. The van der Waals surface area contributed by atoms with Crippen LogP contribution in [0.2, 0.25) is 0 Å². The molecule has 3 aromatic heterocycles. The molecule has 1 aliphatic rings. The summed E-state index contributed by atoms with van der Waals surface area (Å²) in [4.78, 5) is 12.8. The highest BCUT2D eigenvalue weighted by Gasteiger charge is 2.37. The van der Waals surface area contributed by atoms with Crippen LogP contribution in [0.5, 0.6) is 5.88 Å². The van der Waals surface area contributed by atoms with Gasteiger partial charge in [-0.15, -0.1) is 0 Å². The van der Waals surface area contributed by atoms with Crippen LogP contribution in [0.3, 0.4) is 0 Å². The molecule has 0 saturated carbocycles. The second kappa shape index (κ2) is 10.2. The van der Waals surface area contributed by atoms with Gasteiger partial charge < -0.3 is 9.30 Å². The Balaban J connectivity index is 1.44. The molecule has 0 spiro atoms. The van der Waals surface area contributed by atoms with Crippen LogP contribution in [0.4, 0.5) is 26.3 Å². The van der Waals surface area contributed by atoms with Crippen LogP contribution in [-0.4, -0.2) is 42.1 Å². The Morgan fingerprint density at radius 3 is 2.54 bits per heavy atom. The minimum absolute atomic E-state index is 0.146. The first-order valence-electron chi connectivity index (χ1n) is 12.0. The smallest absolute Gasteiger partial charge is 0.422 e. The minimum atomic E-state index is -4.56. The van der Waals surface area contributed by atoms with Crippen LogP contribution in [0, 0.1) is 6.92 Å². The molecule has 0 N–H and O–H groups in total.